The molecule has 0 aliphatic carbocycles. The number of nitrogens with two attached hydrogens (primary N) is 1. The third-order valence-electron chi connectivity index (χ3n) is 2.86. The normalized spacial score (nSPS) is 23.5. The Morgan fingerprint density at radius 2 is 2.20 bits per heavy atom. The zero-order valence-electron chi connectivity index (χ0n) is 9.12. The first-order valence-electron chi connectivity index (χ1n) is 5.09. The summed E-state index contributed by atoms with van der Waals surface area (Å²) in [7, 11) is 1.60. The van der Waals surface area contributed by atoms with Crippen LogP contribution in [0.15, 0.2) is 0 Å². The zero-order valence-corrected chi connectivity index (χ0v) is 9.12. The van der Waals surface area contributed by atoms with Gasteiger partial charge in [0.05, 0.1) is 12.1 Å². The molecule has 2 unspecified atom stereocenters. The molecule has 6 nitrogen and oxygen atoms in total. The summed E-state index contributed by atoms with van der Waals surface area (Å²) >= 11 is 0. The van der Waals surface area contributed by atoms with E-state index in [9.17, 15) is 9.59 Å². The van der Waals surface area contributed by atoms with Crippen LogP contribution in [0, 0.1) is 0 Å². The van der Waals surface area contributed by atoms with Crippen molar-refractivity contribution in [2.24, 2.45) is 5.84 Å². The Bertz CT molecular complexity index is 256. The number of nitrogens with one attached hydrogen (secondary N) is 2. The minimum Gasteiger partial charge on any atom is -0.358 e. The molecule has 1 aliphatic heterocycles. The van der Waals surface area contributed by atoms with Crippen molar-refractivity contribution >= 4 is 11.8 Å². The number of rotatable bonds is 3. The van der Waals surface area contributed by atoms with Gasteiger partial charge in [0, 0.05) is 7.05 Å². The van der Waals surface area contributed by atoms with Crippen molar-refractivity contribution in [2.45, 2.75) is 31.8 Å². The lowest BCUT2D eigenvalue weighted by Crippen LogP contribution is -2.52. The predicted octanol–water partition coefficient (Wildman–Crippen LogP) is -1.42. The SMILES string of the molecule is CNC(=O)C1CCCN1C(C)C(=O)NN. The number of hydrogen-bond donors (Lipinski definition) is 3. The summed E-state index contributed by atoms with van der Waals surface area (Å²) < 4.78 is 0. The largest absolute Gasteiger partial charge is 0.358 e. The Hall–Kier alpha value is -1.14. The summed E-state index contributed by atoms with van der Waals surface area (Å²) in [6.45, 7) is 2.51. The molecule has 1 aliphatic rings. The summed E-state index contributed by atoms with van der Waals surface area (Å²) in [6, 6.07) is -0.568. The van der Waals surface area contributed by atoms with Crippen molar-refractivity contribution in [1.29, 1.82) is 0 Å². The number of likely N-dealkylation sites (tertiary alicyclic amines) is 1. The zero-order chi connectivity index (χ0) is 11.4. The maximum Gasteiger partial charge on any atom is 0.250 e. The van der Waals surface area contributed by atoms with Crippen LogP contribution in [0.25, 0.3) is 0 Å². The molecular weight excluding hydrogens is 196 g/mol. The third-order valence-corrected chi connectivity index (χ3v) is 2.86. The van der Waals surface area contributed by atoms with Crippen LogP contribution in [0.3, 0.4) is 0 Å². The van der Waals surface area contributed by atoms with E-state index in [-0.39, 0.29) is 23.9 Å². The maximum atomic E-state index is 11.5. The molecule has 1 fully saturated rings. The first kappa shape index (κ1) is 11.9. The molecule has 0 spiro atoms. The van der Waals surface area contributed by atoms with Crippen LogP contribution in [-0.2, 0) is 9.59 Å². The van der Waals surface area contributed by atoms with Crippen molar-refractivity contribution in [2.75, 3.05) is 13.6 Å². The highest BCUT2D eigenvalue weighted by Crippen LogP contribution is 2.20. The van der Waals surface area contributed by atoms with E-state index in [2.05, 4.69) is 10.7 Å². The first-order chi connectivity index (χ1) is 7.11. The second kappa shape index (κ2) is 5.09. The third kappa shape index (κ3) is 2.45. The summed E-state index contributed by atoms with van der Waals surface area (Å²) in [5.41, 5.74) is 2.11. The summed E-state index contributed by atoms with van der Waals surface area (Å²) in [5, 5.41) is 2.61. The number of nitrogens with zero attached hydrogens (tertiary/aromatic N) is 1. The topological polar surface area (TPSA) is 87.5 Å². The average molecular weight is 214 g/mol. The predicted molar refractivity (Wildman–Crippen MR) is 55.6 cm³/mol. The molecule has 0 aromatic heterocycles. The highest BCUT2D eigenvalue weighted by atomic mass is 16.2. The number of carbonyl (C=O) groups excluding carboxylic acids is 2. The number of amides is 2. The van der Waals surface area contributed by atoms with Crippen molar-refractivity contribution in [3.8, 4) is 0 Å². The molecule has 1 heterocycles. The quantitative estimate of drug-likeness (QED) is 0.305. The van der Waals surface area contributed by atoms with Gasteiger partial charge in [0.25, 0.3) is 5.91 Å². The van der Waals surface area contributed by atoms with Gasteiger partial charge in [-0.3, -0.25) is 19.9 Å². The van der Waals surface area contributed by atoms with Gasteiger partial charge < -0.3 is 5.32 Å². The van der Waals surface area contributed by atoms with E-state index >= 15 is 0 Å². The van der Waals surface area contributed by atoms with Gasteiger partial charge in [-0.15, -0.1) is 0 Å². The molecule has 0 aromatic carbocycles. The van der Waals surface area contributed by atoms with Gasteiger partial charge in [-0.05, 0) is 26.3 Å². The molecule has 6 heteroatoms. The Labute approximate surface area is 89.1 Å². The molecule has 86 valence electrons. The van der Waals surface area contributed by atoms with E-state index in [0.717, 1.165) is 19.4 Å². The summed E-state index contributed by atoms with van der Waals surface area (Å²) in [5.74, 6) is 4.77. The van der Waals surface area contributed by atoms with E-state index < -0.39 is 0 Å². The second-order valence-electron chi connectivity index (χ2n) is 3.69. The van der Waals surface area contributed by atoms with Crippen LogP contribution in [0.2, 0.25) is 0 Å². The fourth-order valence-corrected chi connectivity index (χ4v) is 1.97. The first-order valence-corrected chi connectivity index (χ1v) is 5.09. The van der Waals surface area contributed by atoms with Gasteiger partial charge in [0.15, 0.2) is 0 Å². The number of carbonyl (C=O) groups is 2. The standard InChI is InChI=1S/C9H18N4O2/c1-6(8(14)12-10)13-5-3-4-7(13)9(15)11-2/h6-7H,3-5,10H2,1-2H3,(H,11,15)(H,12,14). The maximum absolute atomic E-state index is 11.5. The minimum atomic E-state index is -0.361. The van der Waals surface area contributed by atoms with Crippen LogP contribution in [0.4, 0.5) is 0 Å². The fraction of sp³-hybridized carbons (Fsp3) is 0.778. The van der Waals surface area contributed by atoms with E-state index in [1.54, 1.807) is 14.0 Å². The molecule has 1 rings (SSSR count). The van der Waals surface area contributed by atoms with Crippen LogP contribution < -0.4 is 16.6 Å². The van der Waals surface area contributed by atoms with Gasteiger partial charge in [-0.2, -0.15) is 0 Å². The Kier molecular flexibility index (Phi) is 4.05. The molecule has 4 N–H and O–H groups in total. The Balaban J connectivity index is 2.67. The van der Waals surface area contributed by atoms with Gasteiger partial charge >= 0.3 is 0 Å². The van der Waals surface area contributed by atoms with Crippen molar-refractivity contribution < 1.29 is 9.59 Å². The van der Waals surface area contributed by atoms with Crippen molar-refractivity contribution in [3.63, 3.8) is 0 Å². The lowest BCUT2D eigenvalue weighted by atomic mass is 10.2. The van der Waals surface area contributed by atoms with E-state index in [0.29, 0.717) is 0 Å². The van der Waals surface area contributed by atoms with Gasteiger partial charge in [0.1, 0.15) is 0 Å². The Morgan fingerprint density at radius 3 is 2.73 bits per heavy atom. The van der Waals surface area contributed by atoms with Crippen LogP contribution in [0.5, 0.6) is 0 Å². The summed E-state index contributed by atoms with van der Waals surface area (Å²) in [4.78, 5) is 24.7. The van der Waals surface area contributed by atoms with Crippen molar-refractivity contribution in [1.82, 2.24) is 15.6 Å². The van der Waals surface area contributed by atoms with Crippen LogP contribution in [-0.4, -0.2) is 42.4 Å². The number of hydrogen-bond acceptors (Lipinski definition) is 4. The van der Waals surface area contributed by atoms with Gasteiger partial charge in [-0.25, -0.2) is 5.84 Å². The van der Waals surface area contributed by atoms with E-state index in [1.807, 2.05) is 4.90 Å². The second-order valence-corrected chi connectivity index (χ2v) is 3.69. The lowest BCUT2D eigenvalue weighted by Gasteiger charge is -2.27. The van der Waals surface area contributed by atoms with Crippen LogP contribution >= 0.6 is 0 Å². The summed E-state index contributed by atoms with van der Waals surface area (Å²) in [6.07, 6.45) is 1.72. The van der Waals surface area contributed by atoms with Crippen LogP contribution in [0.1, 0.15) is 19.8 Å². The molecule has 0 saturated carbocycles. The fourth-order valence-electron chi connectivity index (χ4n) is 1.97. The molecule has 0 aromatic rings. The smallest absolute Gasteiger partial charge is 0.250 e. The van der Waals surface area contributed by atoms with E-state index in [1.165, 1.54) is 0 Å². The minimum absolute atomic E-state index is 0.0378. The highest BCUT2D eigenvalue weighted by molar-refractivity contribution is 5.85. The molecule has 0 radical (unpaired) electrons. The van der Waals surface area contributed by atoms with Gasteiger partial charge in [-0.1, -0.05) is 0 Å². The van der Waals surface area contributed by atoms with Gasteiger partial charge in [0.2, 0.25) is 5.91 Å². The molecular formula is C9H18N4O2. The Morgan fingerprint density at radius 1 is 1.53 bits per heavy atom. The molecule has 2 atom stereocenters. The lowest BCUT2D eigenvalue weighted by molar-refractivity contribution is -0.130. The molecule has 0 bridgehead atoms. The molecule has 1 saturated heterocycles. The molecule has 2 amide bonds. The highest BCUT2D eigenvalue weighted by Gasteiger charge is 2.35. The van der Waals surface area contributed by atoms with Crippen molar-refractivity contribution in [3.05, 3.63) is 0 Å². The number of hydrazine groups is 1. The monoisotopic (exact) mass is 214 g/mol. The number of likely N-dealkylation sites (N-methyl/N-ethyl adjacent to an activating group) is 1. The molecule has 15 heavy (non-hydrogen) atoms. The average Bonchev–Trinajstić information content (AvgIpc) is 2.74. The van der Waals surface area contributed by atoms with E-state index in [4.69, 9.17) is 5.84 Å².